The van der Waals surface area contributed by atoms with Gasteiger partial charge in [0, 0.05) is 70.2 Å². The molecule has 360 valence electrons. The first-order valence-electron chi connectivity index (χ1n) is 39.9. The van der Waals surface area contributed by atoms with Crippen LogP contribution in [0.25, 0.3) is 86.3 Å². The first-order valence-corrected chi connectivity index (χ1v) is 24.7. The van der Waals surface area contributed by atoms with Gasteiger partial charge in [0.2, 0.25) is 0 Å². The molecule has 0 bridgehead atoms. The predicted molar refractivity (Wildman–Crippen MR) is 323 cm³/mol. The number of aromatic nitrogens is 2. The molecule has 6 heterocycles. The van der Waals surface area contributed by atoms with Gasteiger partial charge in [-0.05, 0) is 140 Å². The summed E-state index contributed by atoms with van der Waals surface area (Å²) in [6.07, 6.45) is 0. The first-order chi connectivity index (χ1) is 50.3. The van der Waals surface area contributed by atoms with E-state index in [1.807, 2.05) is 6.07 Å². The summed E-state index contributed by atoms with van der Waals surface area (Å²) in [7, 11) is 0. The molecule has 0 aliphatic carbocycles. The number of hydrogen-bond donors (Lipinski definition) is 0. The minimum absolute atomic E-state index is 0.0255. The van der Waals surface area contributed by atoms with Crippen molar-refractivity contribution in [1.29, 1.82) is 5.26 Å². The van der Waals surface area contributed by atoms with Gasteiger partial charge in [0.15, 0.2) is 0 Å². The van der Waals surface area contributed by atoms with Crippen molar-refractivity contribution >= 4 is 132 Å². The van der Waals surface area contributed by atoms with Gasteiger partial charge in [-0.25, -0.2) is 0 Å². The molecule has 0 amide bonds. The summed E-state index contributed by atoms with van der Waals surface area (Å²) in [5, 5.41) is 9.53. The van der Waals surface area contributed by atoms with Gasteiger partial charge in [-0.1, -0.05) is 144 Å². The standard InChI is InChI=1S/C69H50BN5S/c1-68(2,3)42-26-32-55-50(36-42)51-37-43(69(4,5)6)27-33-56(51)73(55)45-30-31-52-59(38-45)72(44-28-24-41(25-29-44)46-16-12-23-63-64(46)49-15-8-10-22-62(49)76-63)60-34-40(39-71)35-61-65(60)70(52)53-18-13-21-58-67(53)75(61)57-20-11-17-48-47-14-7-9-19-54(47)74(58)66(48)57/h7-38H,1-6H3/i7D,8D,9D,10D,11D,12D,13D,14D,15D,16D,17D,18D,19D,20D,21D,22D,23D,24D,25D,26D,27D,28D,29D,30D,31D,32D,33D,34D,35D,36D,37D,38D. The fourth-order valence-electron chi connectivity index (χ4n) is 10.8. The van der Waals surface area contributed by atoms with Crippen LogP contribution < -0.4 is 26.2 Å². The molecule has 3 aliphatic heterocycles. The number of para-hydroxylation sites is 3. The summed E-state index contributed by atoms with van der Waals surface area (Å²) in [5.74, 6) is 0. The van der Waals surface area contributed by atoms with Crippen molar-refractivity contribution in [2.45, 2.75) is 52.4 Å². The van der Waals surface area contributed by atoms with Gasteiger partial charge in [-0.15, -0.1) is 11.3 Å². The average molecular weight is 1020 g/mol. The Bertz CT molecular complexity index is 6600. The van der Waals surface area contributed by atoms with Crippen LogP contribution in [-0.4, -0.2) is 15.8 Å². The van der Waals surface area contributed by atoms with E-state index in [0.717, 1.165) is 18.9 Å². The number of anilines is 6. The van der Waals surface area contributed by atoms with E-state index in [-0.39, 0.29) is 42.1 Å². The molecule has 0 N–H and O–H groups in total. The van der Waals surface area contributed by atoms with E-state index in [1.165, 1.54) is 0 Å². The van der Waals surface area contributed by atoms with Crippen LogP contribution in [-0.2, 0) is 10.8 Å². The van der Waals surface area contributed by atoms with Gasteiger partial charge in [-0.2, -0.15) is 5.26 Å². The minimum atomic E-state index is -2.13. The maximum absolute atomic E-state index is 11.6. The lowest BCUT2D eigenvalue weighted by molar-refractivity contribution is 0.590. The van der Waals surface area contributed by atoms with E-state index in [0.29, 0.717) is 11.3 Å². The second-order valence-electron chi connectivity index (χ2n) is 20.7. The molecule has 0 atom stereocenters. The van der Waals surface area contributed by atoms with Crippen LogP contribution in [0.4, 0.5) is 34.1 Å². The third-order valence-corrected chi connectivity index (χ3v) is 15.2. The van der Waals surface area contributed by atoms with Crippen LogP contribution in [0.3, 0.4) is 0 Å². The Morgan fingerprint density at radius 3 is 1.83 bits per heavy atom. The van der Waals surface area contributed by atoms with Gasteiger partial charge in [0.1, 0.15) is 0 Å². The molecule has 13 aromatic rings. The van der Waals surface area contributed by atoms with E-state index in [4.69, 9.17) is 11.0 Å². The Labute approximate surface area is 490 Å². The molecule has 0 radical (unpaired) electrons. The third-order valence-electron chi connectivity index (χ3n) is 14.2. The summed E-state index contributed by atoms with van der Waals surface area (Å²) in [6.45, 7) is 7.87. The topological polar surface area (TPSA) is 40.1 Å². The van der Waals surface area contributed by atoms with Gasteiger partial charge >= 0.3 is 0 Å². The average Bonchev–Trinajstić information content (AvgIpc) is 1.15. The van der Waals surface area contributed by atoms with Gasteiger partial charge < -0.3 is 18.9 Å². The second kappa shape index (κ2) is 15.2. The SMILES string of the molecule is [2H]c1c([2H])c2c3c(c1[2H])-n1c4c([2H])c([2H])c([2H])c([2H])c4c4c([2H])c([2H])c([2H])c(c41)N3c1c([2H])c(C#N)c([2H])c3c1B2c1c([2H])c([2H])c(-n2c4c([2H])c([2H])c(C(C)(C)C)c([2H])c4c4c([2H])c(C(C)(C)C)c([2H])c([2H])c42)c([2H])c1N3c1c([2H])c([2H])c(-c2c([2H])c([2H])c([2H])c3sc4c([2H])c([2H])c([2H])c([2H])c4c23)c([2H])c1[2H]. The fraction of sp³-hybridized carbons (Fsp3) is 0.116. The molecule has 0 saturated carbocycles. The van der Waals surface area contributed by atoms with E-state index >= 15 is 0 Å². The maximum atomic E-state index is 11.6. The number of rotatable bonds is 3. The normalized spacial score (nSPS) is 19.5. The largest absolute Gasteiger partial charge is 0.311 e. The Morgan fingerprint density at radius 2 is 1.09 bits per heavy atom. The Balaban J connectivity index is 1.16. The highest BCUT2D eigenvalue weighted by Gasteiger charge is 2.46. The quantitative estimate of drug-likeness (QED) is 0.166. The summed E-state index contributed by atoms with van der Waals surface area (Å²) >= 11 is 0.634. The smallest absolute Gasteiger partial charge is 0.252 e. The van der Waals surface area contributed by atoms with Crippen molar-refractivity contribution < 1.29 is 43.9 Å². The Kier molecular flexibility index (Phi) is 4.50. The van der Waals surface area contributed by atoms with Crippen LogP contribution in [0, 0.1) is 11.3 Å². The van der Waals surface area contributed by atoms with Crippen molar-refractivity contribution in [3.8, 4) is 28.6 Å². The predicted octanol–water partition coefficient (Wildman–Crippen LogP) is 16.8. The van der Waals surface area contributed by atoms with Crippen LogP contribution in [0.15, 0.2) is 193 Å². The van der Waals surface area contributed by atoms with E-state index in [9.17, 15) is 38.2 Å². The zero-order valence-corrected chi connectivity index (χ0v) is 41.5. The number of fused-ring (bicyclic) bond motifs is 15. The number of benzene rings is 10. The molecule has 3 aliphatic rings. The summed E-state index contributed by atoms with van der Waals surface area (Å²) in [4.78, 5) is 1.74. The molecular formula is C69H50BN5S. The lowest BCUT2D eigenvalue weighted by Crippen LogP contribution is -2.61. The zero-order chi connectivity index (χ0) is 78.9. The molecule has 7 heteroatoms. The number of thiophene rings is 1. The molecule has 3 aromatic heterocycles. The third kappa shape index (κ3) is 5.85. The second-order valence-corrected chi connectivity index (χ2v) is 21.7. The highest BCUT2D eigenvalue weighted by Crippen LogP contribution is 2.53. The van der Waals surface area contributed by atoms with E-state index in [2.05, 4.69) is 0 Å². The molecule has 5 nitrogen and oxygen atoms in total. The minimum Gasteiger partial charge on any atom is -0.311 e. The number of hydrogen-bond acceptors (Lipinski definition) is 4. The van der Waals surface area contributed by atoms with Crippen LogP contribution in [0.2, 0.25) is 0 Å². The molecule has 0 saturated heterocycles. The number of nitriles is 1. The Hall–Kier alpha value is -8.83. The van der Waals surface area contributed by atoms with Gasteiger partial charge in [-0.3, -0.25) is 0 Å². The van der Waals surface area contributed by atoms with Gasteiger partial charge in [0.05, 0.1) is 94.6 Å². The molecule has 0 spiro atoms. The van der Waals surface area contributed by atoms with Crippen LogP contribution in [0.5, 0.6) is 0 Å². The van der Waals surface area contributed by atoms with E-state index in [1.54, 1.807) is 41.5 Å². The molecule has 16 rings (SSSR count). The molecule has 10 aromatic carbocycles. The highest BCUT2D eigenvalue weighted by molar-refractivity contribution is 7.26. The van der Waals surface area contributed by atoms with E-state index < -0.39 is 322 Å². The molecule has 0 unspecified atom stereocenters. The lowest BCUT2D eigenvalue weighted by Gasteiger charge is -2.46. The first kappa shape index (κ1) is 22.6. The van der Waals surface area contributed by atoms with Gasteiger partial charge in [0.25, 0.3) is 6.71 Å². The fourth-order valence-corrected chi connectivity index (χ4v) is 11.8. The maximum Gasteiger partial charge on any atom is 0.252 e. The van der Waals surface area contributed by atoms with Crippen molar-refractivity contribution in [1.82, 2.24) is 9.13 Å². The van der Waals surface area contributed by atoms with Crippen LogP contribution in [0.1, 0.15) is 102 Å². The highest BCUT2D eigenvalue weighted by atomic mass is 32.1. The Morgan fingerprint density at radius 1 is 0.474 bits per heavy atom. The zero-order valence-electron chi connectivity index (χ0n) is 72.7. The molecule has 0 fully saturated rings. The van der Waals surface area contributed by atoms with Crippen molar-refractivity contribution in [3.63, 3.8) is 0 Å². The van der Waals surface area contributed by atoms with Crippen molar-refractivity contribution in [3.05, 3.63) is 210 Å². The van der Waals surface area contributed by atoms with Crippen molar-refractivity contribution in [2.24, 2.45) is 0 Å². The molecular weight excluding hydrogens is 942 g/mol. The van der Waals surface area contributed by atoms with Crippen molar-refractivity contribution in [2.75, 3.05) is 9.80 Å². The van der Waals surface area contributed by atoms with Crippen LogP contribution >= 0.6 is 11.3 Å². The summed E-state index contributed by atoms with van der Waals surface area (Å²) < 4.78 is 314. The number of nitrogens with zero attached hydrogens (tertiary/aromatic N) is 5. The monoisotopic (exact) mass is 1020 g/mol. The summed E-state index contributed by atoms with van der Waals surface area (Å²) in [5.41, 5.74) is -14.1. The molecule has 76 heavy (non-hydrogen) atoms. The summed E-state index contributed by atoms with van der Waals surface area (Å²) in [6, 6.07) is -25.2. The lowest BCUT2D eigenvalue weighted by atomic mass is 9.33.